The van der Waals surface area contributed by atoms with Crippen LogP contribution >= 0.6 is 12.2 Å². The lowest BCUT2D eigenvalue weighted by atomic mass is 9.83. The minimum Gasteiger partial charge on any atom is -0.388 e. The van der Waals surface area contributed by atoms with Crippen LogP contribution < -0.4 is 5.32 Å². The summed E-state index contributed by atoms with van der Waals surface area (Å²) in [5, 5.41) is 33.0. The molecule has 2 heterocycles. The Hall–Kier alpha value is -0.800. The predicted octanol–water partition coefficient (Wildman–Crippen LogP) is -1.15. The van der Waals surface area contributed by atoms with Crippen LogP contribution in [-0.2, 0) is 9.53 Å². The standard InChI is InChI=1S/C13H20N2O5S/c16-8-6-20-10(18)9(17)13(8)11(19)15(12(21)14-13)7-4-2-1-3-5-7/h7-10,16-18H,1-6H2,(H,14,21)/t8-,9-,10?,13?/m1/s1. The van der Waals surface area contributed by atoms with E-state index in [0.29, 0.717) is 0 Å². The zero-order valence-electron chi connectivity index (χ0n) is 11.6. The van der Waals surface area contributed by atoms with Crippen LogP contribution in [-0.4, -0.2) is 67.9 Å². The smallest absolute Gasteiger partial charge is 0.260 e. The topological polar surface area (TPSA) is 102 Å². The SMILES string of the molecule is O=C1N(C2CCCCC2)C(=S)NC12[C@H](O)COC(O)[C@H]2O. The summed E-state index contributed by atoms with van der Waals surface area (Å²) >= 11 is 5.25. The molecule has 0 aromatic rings. The Morgan fingerprint density at radius 1 is 1.24 bits per heavy atom. The van der Waals surface area contributed by atoms with E-state index in [9.17, 15) is 20.1 Å². The number of aliphatic hydroxyl groups is 3. The molecule has 3 rings (SSSR count). The third kappa shape index (κ3) is 2.17. The maximum atomic E-state index is 12.8. The fourth-order valence-corrected chi connectivity index (χ4v) is 3.91. The van der Waals surface area contributed by atoms with Crippen molar-refractivity contribution in [1.29, 1.82) is 0 Å². The number of aliphatic hydroxyl groups excluding tert-OH is 3. The first-order valence-corrected chi connectivity index (χ1v) is 7.71. The highest BCUT2D eigenvalue weighted by Gasteiger charge is 2.63. The van der Waals surface area contributed by atoms with Gasteiger partial charge >= 0.3 is 0 Å². The summed E-state index contributed by atoms with van der Waals surface area (Å²) in [7, 11) is 0. The molecule has 0 bridgehead atoms. The molecule has 2 saturated heterocycles. The normalized spacial score (nSPS) is 41.7. The van der Waals surface area contributed by atoms with Gasteiger partial charge in [-0.25, -0.2) is 0 Å². The average Bonchev–Trinajstić information content (AvgIpc) is 2.75. The third-order valence-electron chi connectivity index (χ3n) is 4.73. The number of nitrogens with zero attached hydrogens (tertiary/aromatic N) is 1. The Labute approximate surface area is 127 Å². The van der Waals surface area contributed by atoms with Crippen molar-refractivity contribution < 1.29 is 24.9 Å². The van der Waals surface area contributed by atoms with Crippen LogP contribution in [0.15, 0.2) is 0 Å². The van der Waals surface area contributed by atoms with Crippen LogP contribution in [0.5, 0.6) is 0 Å². The number of hydrogen-bond acceptors (Lipinski definition) is 6. The van der Waals surface area contributed by atoms with Crippen molar-refractivity contribution >= 4 is 23.2 Å². The van der Waals surface area contributed by atoms with Gasteiger partial charge < -0.3 is 25.4 Å². The fourth-order valence-electron chi connectivity index (χ4n) is 3.51. The monoisotopic (exact) mass is 316 g/mol. The molecular weight excluding hydrogens is 296 g/mol. The first kappa shape index (κ1) is 15.1. The quantitative estimate of drug-likeness (QED) is 0.453. The molecule has 3 fully saturated rings. The largest absolute Gasteiger partial charge is 0.388 e. The molecule has 1 saturated carbocycles. The van der Waals surface area contributed by atoms with Gasteiger partial charge in [0.25, 0.3) is 5.91 Å². The first-order chi connectivity index (χ1) is 9.98. The highest BCUT2D eigenvalue weighted by Crippen LogP contribution is 2.35. The second-order valence-electron chi connectivity index (χ2n) is 5.95. The lowest BCUT2D eigenvalue weighted by molar-refractivity contribution is -0.243. The summed E-state index contributed by atoms with van der Waals surface area (Å²) in [6, 6.07) is -0.00925. The van der Waals surface area contributed by atoms with Crippen molar-refractivity contribution in [3.8, 4) is 0 Å². The van der Waals surface area contributed by atoms with Gasteiger partial charge in [-0.2, -0.15) is 0 Å². The molecule has 1 amide bonds. The molecule has 3 aliphatic rings. The lowest BCUT2D eigenvalue weighted by Gasteiger charge is -2.42. The highest BCUT2D eigenvalue weighted by atomic mass is 32.1. The average molecular weight is 316 g/mol. The van der Waals surface area contributed by atoms with Gasteiger partial charge in [-0.05, 0) is 25.1 Å². The summed E-state index contributed by atoms with van der Waals surface area (Å²) in [6.07, 6.45) is 0.543. The van der Waals surface area contributed by atoms with Crippen LogP contribution in [0, 0.1) is 0 Å². The zero-order valence-corrected chi connectivity index (χ0v) is 12.4. The van der Waals surface area contributed by atoms with Gasteiger partial charge in [0.1, 0.15) is 12.2 Å². The molecule has 7 nitrogen and oxygen atoms in total. The summed E-state index contributed by atoms with van der Waals surface area (Å²) in [4.78, 5) is 14.3. The number of ether oxygens (including phenoxy) is 1. The van der Waals surface area contributed by atoms with Crippen LogP contribution in [0.25, 0.3) is 0 Å². The van der Waals surface area contributed by atoms with Crippen molar-refractivity contribution in [2.24, 2.45) is 0 Å². The van der Waals surface area contributed by atoms with Gasteiger partial charge in [0, 0.05) is 6.04 Å². The van der Waals surface area contributed by atoms with E-state index in [-0.39, 0.29) is 17.8 Å². The van der Waals surface area contributed by atoms with Crippen LogP contribution in [0.1, 0.15) is 32.1 Å². The zero-order chi connectivity index (χ0) is 15.2. The van der Waals surface area contributed by atoms with Crippen molar-refractivity contribution in [2.45, 2.75) is 62.2 Å². The van der Waals surface area contributed by atoms with Crippen LogP contribution in [0.3, 0.4) is 0 Å². The molecule has 118 valence electrons. The van der Waals surface area contributed by atoms with Gasteiger partial charge in [0.2, 0.25) is 0 Å². The Bertz CT molecular complexity index is 456. The third-order valence-corrected chi connectivity index (χ3v) is 5.03. The number of rotatable bonds is 1. The van der Waals surface area contributed by atoms with Crippen molar-refractivity contribution in [1.82, 2.24) is 10.2 Å². The molecule has 8 heteroatoms. The molecule has 4 N–H and O–H groups in total. The molecule has 2 unspecified atom stereocenters. The van der Waals surface area contributed by atoms with E-state index in [1.807, 2.05) is 0 Å². The van der Waals surface area contributed by atoms with E-state index in [1.165, 1.54) is 4.90 Å². The Balaban J connectivity index is 1.91. The molecule has 21 heavy (non-hydrogen) atoms. The number of amides is 1. The van der Waals surface area contributed by atoms with Crippen LogP contribution in [0.2, 0.25) is 0 Å². The maximum absolute atomic E-state index is 12.8. The number of carbonyl (C=O) groups excluding carboxylic acids is 1. The molecule has 4 atom stereocenters. The second kappa shape index (κ2) is 5.44. The molecule has 0 aromatic carbocycles. The Morgan fingerprint density at radius 2 is 1.90 bits per heavy atom. The minimum absolute atomic E-state index is 0.00925. The van der Waals surface area contributed by atoms with E-state index in [0.717, 1.165) is 32.1 Å². The Kier molecular flexibility index (Phi) is 3.91. The highest BCUT2D eigenvalue weighted by molar-refractivity contribution is 7.80. The van der Waals surface area contributed by atoms with Gasteiger partial charge in [0.05, 0.1) is 6.61 Å². The van der Waals surface area contributed by atoms with E-state index < -0.39 is 29.9 Å². The summed E-state index contributed by atoms with van der Waals surface area (Å²) in [6.45, 7) is -0.238. The van der Waals surface area contributed by atoms with E-state index in [4.69, 9.17) is 17.0 Å². The molecular formula is C13H20N2O5S. The summed E-state index contributed by atoms with van der Waals surface area (Å²) in [5.41, 5.74) is -1.70. The van der Waals surface area contributed by atoms with E-state index >= 15 is 0 Å². The van der Waals surface area contributed by atoms with E-state index in [1.54, 1.807) is 0 Å². The van der Waals surface area contributed by atoms with Crippen molar-refractivity contribution in [3.63, 3.8) is 0 Å². The second-order valence-corrected chi connectivity index (χ2v) is 6.34. The molecule has 1 aliphatic carbocycles. The van der Waals surface area contributed by atoms with Crippen molar-refractivity contribution in [2.75, 3.05) is 6.61 Å². The number of carbonyl (C=O) groups is 1. The Morgan fingerprint density at radius 3 is 2.57 bits per heavy atom. The lowest BCUT2D eigenvalue weighted by Crippen LogP contribution is -2.71. The molecule has 0 radical (unpaired) electrons. The van der Waals surface area contributed by atoms with Crippen molar-refractivity contribution in [3.05, 3.63) is 0 Å². The maximum Gasteiger partial charge on any atom is 0.260 e. The van der Waals surface area contributed by atoms with Gasteiger partial charge in [-0.3, -0.25) is 9.69 Å². The van der Waals surface area contributed by atoms with Gasteiger partial charge in [-0.1, -0.05) is 19.3 Å². The van der Waals surface area contributed by atoms with E-state index in [2.05, 4.69) is 5.32 Å². The number of nitrogens with one attached hydrogen (secondary N) is 1. The fraction of sp³-hybridized carbons (Fsp3) is 0.846. The predicted molar refractivity (Wildman–Crippen MR) is 76.2 cm³/mol. The van der Waals surface area contributed by atoms with Gasteiger partial charge in [0.15, 0.2) is 16.9 Å². The summed E-state index contributed by atoms with van der Waals surface area (Å²) < 4.78 is 4.85. The first-order valence-electron chi connectivity index (χ1n) is 7.30. The molecule has 1 spiro atoms. The molecule has 2 aliphatic heterocycles. The summed E-state index contributed by atoms with van der Waals surface area (Å²) in [5.74, 6) is -0.471. The minimum atomic E-state index is -1.70. The van der Waals surface area contributed by atoms with Gasteiger partial charge in [-0.15, -0.1) is 0 Å². The van der Waals surface area contributed by atoms with Crippen LogP contribution in [0.4, 0.5) is 0 Å². The number of hydrogen-bond donors (Lipinski definition) is 4. The molecule has 0 aromatic heterocycles. The number of thiocarbonyl (C=S) groups is 1.